The van der Waals surface area contributed by atoms with Crippen molar-refractivity contribution in [1.29, 1.82) is 0 Å². The Hall–Kier alpha value is -3.41. The van der Waals surface area contributed by atoms with Crippen LogP contribution in [0.15, 0.2) is 59.9 Å². The van der Waals surface area contributed by atoms with Gasteiger partial charge >= 0.3 is 6.55 Å². The lowest BCUT2D eigenvalue weighted by Crippen LogP contribution is -2.16. The highest BCUT2D eigenvalue weighted by atomic mass is 32.2. The zero-order chi connectivity index (χ0) is 19.4. The second kappa shape index (κ2) is 7.45. The zero-order valence-corrected chi connectivity index (χ0v) is 14.3. The van der Waals surface area contributed by atoms with Crippen LogP contribution in [-0.4, -0.2) is 34.1 Å². The molecule has 2 heterocycles. The van der Waals surface area contributed by atoms with Crippen LogP contribution < -0.4 is 10.0 Å². The molecule has 140 valence electrons. The van der Waals surface area contributed by atoms with Crippen molar-refractivity contribution in [3.63, 3.8) is 0 Å². The minimum absolute atomic E-state index is 0.0741. The van der Waals surface area contributed by atoms with E-state index in [2.05, 4.69) is 25.1 Å². The van der Waals surface area contributed by atoms with Crippen LogP contribution in [0.3, 0.4) is 0 Å². The third-order valence-electron chi connectivity index (χ3n) is 3.25. The molecule has 0 spiro atoms. The first-order chi connectivity index (χ1) is 12.8. The van der Waals surface area contributed by atoms with Crippen molar-refractivity contribution in [2.45, 2.75) is 11.4 Å². The fraction of sp³-hybridized carbons (Fsp3) is 0.0667. The molecule has 27 heavy (non-hydrogen) atoms. The molecule has 0 aliphatic carbocycles. The number of halogens is 2. The molecule has 0 fully saturated rings. The number of carbonyl (C=O) groups excluding carboxylic acids is 1. The minimum atomic E-state index is -3.90. The van der Waals surface area contributed by atoms with Gasteiger partial charge in [0.1, 0.15) is 0 Å². The van der Waals surface area contributed by atoms with Crippen molar-refractivity contribution in [2.75, 3.05) is 10.0 Å². The van der Waals surface area contributed by atoms with Crippen LogP contribution in [0.4, 0.5) is 20.4 Å². The molecule has 9 nitrogen and oxygen atoms in total. The van der Waals surface area contributed by atoms with E-state index in [1.165, 1.54) is 36.7 Å². The number of nitrogens with one attached hydrogen (secondary N) is 2. The van der Waals surface area contributed by atoms with E-state index in [1.807, 2.05) is 0 Å². The number of anilines is 2. The van der Waals surface area contributed by atoms with Gasteiger partial charge in [-0.2, -0.15) is 13.9 Å². The standard InChI is InChI=1S/C15H12F2N6O3S/c16-14(17)23-9-6-12(21-23)13(24)20-10-2-4-11(5-3-10)27(25,26)22-15-18-7-1-8-19-15/h1-9,14H,(H,20,24)(H,18,19,22). The van der Waals surface area contributed by atoms with E-state index in [-0.39, 0.29) is 22.2 Å². The van der Waals surface area contributed by atoms with Crippen LogP contribution in [0.5, 0.6) is 0 Å². The molecule has 3 rings (SSSR count). The first-order valence-corrected chi connectivity index (χ1v) is 8.88. The van der Waals surface area contributed by atoms with Gasteiger partial charge in [0.15, 0.2) is 5.69 Å². The summed E-state index contributed by atoms with van der Waals surface area (Å²) in [4.78, 5) is 19.5. The van der Waals surface area contributed by atoms with Gasteiger partial charge in [-0.1, -0.05) is 0 Å². The number of sulfonamides is 1. The molecule has 0 saturated heterocycles. The molecule has 0 aliphatic rings. The second-order valence-corrected chi connectivity index (χ2v) is 6.80. The molecule has 12 heteroatoms. The molecule has 0 atom stereocenters. The predicted molar refractivity (Wildman–Crippen MR) is 90.7 cm³/mol. The maximum atomic E-state index is 12.5. The van der Waals surface area contributed by atoms with Gasteiger partial charge in [0.2, 0.25) is 5.95 Å². The van der Waals surface area contributed by atoms with E-state index >= 15 is 0 Å². The maximum Gasteiger partial charge on any atom is 0.333 e. The van der Waals surface area contributed by atoms with Gasteiger partial charge in [0.05, 0.1) is 4.90 Å². The number of hydrogen-bond donors (Lipinski definition) is 2. The Kier molecular flexibility index (Phi) is 5.07. The van der Waals surface area contributed by atoms with E-state index in [1.54, 1.807) is 6.07 Å². The van der Waals surface area contributed by atoms with Gasteiger partial charge in [-0.3, -0.25) is 4.79 Å². The summed E-state index contributed by atoms with van der Waals surface area (Å²) in [5, 5.41) is 5.88. The molecular formula is C15H12F2N6O3S. The number of hydrogen-bond acceptors (Lipinski definition) is 6. The summed E-state index contributed by atoms with van der Waals surface area (Å²) in [6, 6.07) is 7.91. The Labute approximate surface area is 152 Å². The SMILES string of the molecule is O=C(Nc1ccc(S(=O)(=O)Nc2ncccn2)cc1)c1ccn(C(F)F)n1. The van der Waals surface area contributed by atoms with Crippen LogP contribution in [0.2, 0.25) is 0 Å². The summed E-state index contributed by atoms with van der Waals surface area (Å²) in [6.45, 7) is -2.85. The van der Waals surface area contributed by atoms with Gasteiger partial charge in [-0.15, -0.1) is 0 Å². The van der Waals surface area contributed by atoms with Crippen molar-refractivity contribution < 1.29 is 22.0 Å². The van der Waals surface area contributed by atoms with Crippen LogP contribution in [0.25, 0.3) is 0 Å². The topological polar surface area (TPSA) is 119 Å². The van der Waals surface area contributed by atoms with E-state index in [4.69, 9.17) is 0 Å². The Bertz CT molecular complexity index is 1040. The van der Waals surface area contributed by atoms with Crippen molar-refractivity contribution in [3.05, 3.63) is 60.7 Å². The summed E-state index contributed by atoms with van der Waals surface area (Å²) in [5.41, 5.74) is 0.0661. The largest absolute Gasteiger partial charge is 0.333 e. The summed E-state index contributed by atoms with van der Waals surface area (Å²) in [5.74, 6) is -0.787. The lowest BCUT2D eigenvalue weighted by atomic mass is 10.3. The summed E-state index contributed by atoms with van der Waals surface area (Å²) >= 11 is 0. The predicted octanol–water partition coefficient (Wildman–Crippen LogP) is 2.12. The molecular weight excluding hydrogens is 382 g/mol. The van der Waals surface area contributed by atoms with Crippen molar-refractivity contribution >= 4 is 27.6 Å². The number of rotatable bonds is 6. The third kappa shape index (κ3) is 4.41. The number of amides is 1. The summed E-state index contributed by atoms with van der Waals surface area (Å²) < 4.78 is 52.0. The van der Waals surface area contributed by atoms with Gasteiger partial charge < -0.3 is 5.32 Å². The van der Waals surface area contributed by atoms with E-state index < -0.39 is 22.5 Å². The van der Waals surface area contributed by atoms with Crippen molar-refractivity contribution in [2.24, 2.45) is 0 Å². The Morgan fingerprint density at radius 1 is 1.07 bits per heavy atom. The van der Waals surface area contributed by atoms with Gasteiger partial charge in [-0.25, -0.2) is 27.8 Å². The molecule has 1 aromatic carbocycles. The summed E-state index contributed by atoms with van der Waals surface area (Å²) in [6.07, 6.45) is 3.75. The highest BCUT2D eigenvalue weighted by molar-refractivity contribution is 7.92. The molecule has 3 aromatic rings. The Balaban J connectivity index is 1.70. The average molecular weight is 394 g/mol. The monoisotopic (exact) mass is 394 g/mol. The highest BCUT2D eigenvalue weighted by Gasteiger charge is 2.17. The molecule has 2 aromatic heterocycles. The number of alkyl halides is 2. The molecule has 0 saturated carbocycles. The number of benzene rings is 1. The third-order valence-corrected chi connectivity index (χ3v) is 4.60. The minimum Gasteiger partial charge on any atom is -0.321 e. The molecule has 0 radical (unpaired) electrons. The molecule has 0 unspecified atom stereocenters. The van der Waals surface area contributed by atoms with Gasteiger partial charge in [-0.05, 0) is 36.4 Å². The van der Waals surface area contributed by atoms with E-state index in [0.29, 0.717) is 4.68 Å². The smallest absolute Gasteiger partial charge is 0.321 e. The maximum absolute atomic E-state index is 12.5. The van der Waals surface area contributed by atoms with Crippen molar-refractivity contribution in [1.82, 2.24) is 19.7 Å². The zero-order valence-electron chi connectivity index (χ0n) is 13.5. The van der Waals surface area contributed by atoms with Crippen molar-refractivity contribution in [3.8, 4) is 0 Å². The first kappa shape index (κ1) is 18.4. The number of aromatic nitrogens is 4. The number of nitrogens with zero attached hydrogens (tertiary/aromatic N) is 4. The lowest BCUT2D eigenvalue weighted by molar-refractivity contribution is 0.0561. The lowest BCUT2D eigenvalue weighted by Gasteiger charge is -2.08. The fourth-order valence-corrected chi connectivity index (χ4v) is 2.97. The van der Waals surface area contributed by atoms with Crippen LogP contribution in [0.1, 0.15) is 17.0 Å². The molecule has 0 aliphatic heterocycles. The molecule has 2 N–H and O–H groups in total. The van der Waals surface area contributed by atoms with Gasteiger partial charge in [0.25, 0.3) is 15.9 Å². The molecule has 1 amide bonds. The summed E-state index contributed by atoms with van der Waals surface area (Å²) in [7, 11) is -3.90. The molecule has 0 bridgehead atoms. The normalized spacial score (nSPS) is 11.4. The second-order valence-electron chi connectivity index (χ2n) is 5.12. The van der Waals surface area contributed by atoms with E-state index in [9.17, 15) is 22.0 Å². The van der Waals surface area contributed by atoms with Crippen LogP contribution >= 0.6 is 0 Å². The van der Waals surface area contributed by atoms with Gasteiger partial charge in [0, 0.05) is 24.3 Å². The fourth-order valence-electron chi connectivity index (χ4n) is 2.01. The highest BCUT2D eigenvalue weighted by Crippen LogP contribution is 2.17. The van der Waals surface area contributed by atoms with Crippen LogP contribution in [0, 0.1) is 0 Å². The first-order valence-electron chi connectivity index (χ1n) is 7.40. The quantitative estimate of drug-likeness (QED) is 0.661. The number of carbonyl (C=O) groups is 1. The van der Waals surface area contributed by atoms with Crippen LogP contribution in [-0.2, 0) is 10.0 Å². The Morgan fingerprint density at radius 3 is 2.33 bits per heavy atom. The average Bonchev–Trinajstić information content (AvgIpc) is 3.13. The Morgan fingerprint density at radius 2 is 1.74 bits per heavy atom. The van der Waals surface area contributed by atoms with E-state index in [0.717, 1.165) is 12.3 Å².